The third-order valence-electron chi connectivity index (χ3n) is 2.13. The SMILES string of the molecule is CC(C)CC(Cl)CNS(=O)(=O)CCCC(F)(F)F. The van der Waals surface area contributed by atoms with E-state index < -0.39 is 34.8 Å². The number of alkyl halides is 4. The minimum Gasteiger partial charge on any atom is -0.214 e. The van der Waals surface area contributed by atoms with Gasteiger partial charge in [0.05, 0.1) is 5.75 Å². The highest BCUT2D eigenvalue weighted by Crippen LogP contribution is 2.21. The Hall–Kier alpha value is -0.0100. The second-order valence-corrected chi connectivity index (χ2v) is 7.16. The number of rotatable bonds is 8. The predicted molar refractivity (Wildman–Crippen MR) is 66.2 cm³/mol. The van der Waals surface area contributed by atoms with Crippen LogP contribution in [0.2, 0.25) is 0 Å². The second kappa shape index (κ2) is 7.55. The molecule has 0 aromatic rings. The molecule has 0 saturated heterocycles. The number of nitrogens with one attached hydrogen (secondary N) is 1. The lowest BCUT2D eigenvalue weighted by atomic mass is 10.1. The molecule has 0 aliphatic heterocycles. The molecule has 8 heteroatoms. The van der Waals surface area contributed by atoms with E-state index in [1.165, 1.54) is 0 Å². The lowest BCUT2D eigenvalue weighted by Crippen LogP contribution is -2.32. The van der Waals surface area contributed by atoms with Crippen LogP contribution in [0.25, 0.3) is 0 Å². The minimum atomic E-state index is -4.32. The van der Waals surface area contributed by atoms with Crippen LogP contribution in [0, 0.1) is 5.92 Å². The molecular formula is C10H19ClF3NO2S. The van der Waals surface area contributed by atoms with Crippen molar-refractivity contribution in [3.8, 4) is 0 Å². The maximum atomic E-state index is 11.9. The molecule has 1 N–H and O–H groups in total. The molecule has 0 fully saturated rings. The largest absolute Gasteiger partial charge is 0.389 e. The summed E-state index contributed by atoms with van der Waals surface area (Å²) >= 11 is 5.88. The first-order valence-corrected chi connectivity index (χ1v) is 7.79. The second-order valence-electron chi connectivity index (χ2n) is 4.61. The van der Waals surface area contributed by atoms with Gasteiger partial charge in [-0.2, -0.15) is 13.2 Å². The van der Waals surface area contributed by atoms with Gasteiger partial charge < -0.3 is 0 Å². The molecule has 0 saturated carbocycles. The van der Waals surface area contributed by atoms with Gasteiger partial charge in [0.25, 0.3) is 0 Å². The Bertz CT molecular complexity index is 331. The van der Waals surface area contributed by atoms with E-state index in [2.05, 4.69) is 4.72 Å². The van der Waals surface area contributed by atoms with E-state index in [0.717, 1.165) is 0 Å². The van der Waals surface area contributed by atoms with Crippen molar-refractivity contribution in [2.45, 2.75) is 44.7 Å². The van der Waals surface area contributed by atoms with Crippen molar-refractivity contribution in [1.82, 2.24) is 4.72 Å². The van der Waals surface area contributed by atoms with Crippen LogP contribution in [0.1, 0.15) is 33.1 Å². The van der Waals surface area contributed by atoms with Crippen LogP contribution in [0.5, 0.6) is 0 Å². The summed E-state index contributed by atoms with van der Waals surface area (Å²) in [4.78, 5) is 0. The van der Waals surface area contributed by atoms with Gasteiger partial charge in [-0.25, -0.2) is 13.1 Å². The molecule has 3 nitrogen and oxygen atoms in total. The standard InChI is InChI=1S/C10H19ClF3NO2S/c1-8(2)6-9(11)7-15-18(16,17)5-3-4-10(12,13)14/h8-9,15H,3-7H2,1-2H3. The molecule has 18 heavy (non-hydrogen) atoms. The molecule has 0 rings (SSSR count). The Morgan fingerprint density at radius 1 is 1.28 bits per heavy atom. The molecule has 0 aromatic heterocycles. The molecule has 0 radical (unpaired) electrons. The van der Waals surface area contributed by atoms with Gasteiger partial charge in [0, 0.05) is 18.3 Å². The van der Waals surface area contributed by atoms with E-state index in [-0.39, 0.29) is 11.9 Å². The molecule has 0 aromatic carbocycles. The zero-order valence-corrected chi connectivity index (χ0v) is 12.0. The van der Waals surface area contributed by atoms with Gasteiger partial charge >= 0.3 is 6.18 Å². The normalized spacial score (nSPS) is 15.1. The fourth-order valence-corrected chi connectivity index (χ4v) is 3.00. The lowest BCUT2D eigenvalue weighted by Gasteiger charge is -2.13. The quantitative estimate of drug-likeness (QED) is 0.701. The molecular weight excluding hydrogens is 291 g/mol. The number of sulfonamides is 1. The molecule has 0 aliphatic rings. The summed E-state index contributed by atoms with van der Waals surface area (Å²) in [7, 11) is -3.67. The van der Waals surface area contributed by atoms with Crippen molar-refractivity contribution in [2.24, 2.45) is 5.92 Å². The summed E-state index contributed by atoms with van der Waals surface area (Å²) in [6.45, 7) is 3.95. The van der Waals surface area contributed by atoms with E-state index in [4.69, 9.17) is 11.6 Å². The first kappa shape index (κ1) is 18.0. The fraction of sp³-hybridized carbons (Fsp3) is 1.00. The highest BCUT2D eigenvalue weighted by atomic mass is 35.5. The van der Waals surface area contributed by atoms with Crippen LogP contribution >= 0.6 is 11.6 Å². The first-order valence-electron chi connectivity index (χ1n) is 5.70. The maximum absolute atomic E-state index is 11.9. The minimum absolute atomic E-state index is 0.0497. The lowest BCUT2D eigenvalue weighted by molar-refractivity contribution is -0.134. The fourth-order valence-electron chi connectivity index (χ4n) is 1.35. The highest BCUT2D eigenvalue weighted by Gasteiger charge is 2.27. The molecule has 0 heterocycles. The van der Waals surface area contributed by atoms with Crippen LogP contribution in [0.4, 0.5) is 13.2 Å². The van der Waals surface area contributed by atoms with Gasteiger partial charge in [0.2, 0.25) is 10.0 Å². The first-order chi connectivity index (χ1) is 8.02. The summed E-state index contributed by atoms with van der Waals surface area (Å²) in [5.74, 6) is -0.195. The smallest absolute Gasteiger partial charge is 0.214 e. The van der Waals surface area contributed by atoms with Gasteiger partial charge in [0.15, 0.2) is 0 Å². The Balaban J connectivity index is 3.94. The van der Waals surface area contributed by atoms with E-state index in [0.29, 0.717) is 12.3 Å². The molecule has 110 valence electrons. The summed E-state index contributed by atoms with van der Waals surface area (Å²) in [6, 6.07) is 0. The van der Waals surface area contributed by atoms with Crippen LogP contribution in [0.3, 0.4) is 0 Å². The van der Waals surface area contributed by atoms with Crippen LogP contribution in [0.15, 0.2) is 0 Å². The monoisotopic (exact) mass is 309 g/mol. The number of halogens is 4. The van der Waals surface area contributed by atoms with Crippen molar-refractivity contribution < 1.29 is 21.6 Å². The van der Waals surface area contributed by atoms with Crippen molar-refractivity contribution in [1.29, 1.82) is 0 Å². The topological polar surface area (TPSA) is 46.2 Å². The van der Waals surface area contributed by atoms with E-state index in [9.17, 15) is 21.6 Å². The molecule has 1 atom stereocenters. The number of hydrogen-bond acceptors (Lipinski definition) is 2. The zero-order valence-electron chi connectivity index (χ0n) is 10.4. The molecule has 0 bridgehead atoms. The van der Waals surface area contributed by atoms with Gasteiger partial charge in [-0.15, -0.1) is 11.6 Å². The third-order valence-corrected chi connectivity index (χ3v) is 3.89. The summed E-state index contributed by atoms with van der Waals surface area (Å²) in [6.07, 6.45) is -5.20. The van der Waals surface area contributed by atoms with E-state index in [1.54, 1.807) is 0 Å². The van der Waals surface area contributed by atoms with Crippen molar-refractivity contribution in [2.75, 3.05) is 12.3 Å². The van der Waals surface area contributed by atoms with Crippen molar-refractivity contribution >= 4 is 21.6 Å². The molecule has 0 spiro atoms. The average molecular weight is 310 g/mol. The Morgan fingerprint density at radius 3 is 2.28 bits per heavy atom. The Labute approximate surface area is 111 Å². The molecule has 0 amide bonds. The molecule has 0 aliphatic carbocycles. The average Bonchev–Trinajstić information content (AvgIpc) is 2.11. The maximum Gasteiger partial charge on any atom is 0.389 e. The van der Waals surface area contributed by atoms with Gasteiger partial charge in [-0.3, -0.25) is 0 Å². The summed E-state index contributed by atoms with van der Waals surface area (Å²) in [5, 5.41) is -0.345. The zero-order chi connectivity index (χ0) is 14.4. The van der Waals surface area contributed by atoms with Gasteiger partial charge in [-0.05, 0) is 18.8 Å². The Morgan fingerprint density at radius 2 is 1.83 bits per heavy atom. The van der Waals surface area contributed by atoms with E-state index >= 15 is 0 Å². The van der Waals surface area contributed by atoms with Gasteiger partial charge in [-0.1, -0.05) is 13.8 Å². The third kappa shape index (κ3) is 11.1. The highest BCUT2D eigenvalue weighted by molar-refractivity contribution is 7.89. The van der Waals surface area contributed by atoms with E-state index in [1.807, 2.05) is 13.8 Å². The predicted octanol–water partition coefficient (Wildman–Crippen LogP) is 2.90. The summed E-state index contributed by atoms with van der Waals surface area (Å²) in [5.41, 5.74) is 0. The summed E-state index contributed by atoms with van der Waals surface area (Å²) < 4.78 is 60.5. The van der Waals surface area contributed by atoms with Crippen LogP contribution in [-0.2, 0) is 10.0 Å². The van der Waals surface area contributed by atoms with Crippen molar-refractivity contribution in [3.05, 3.63) is 0 Å². The van der Waals surface area contributed by atoms with Crippen molar-refractivity contribution in [3.63, 3.8) is 0 Å². The number of hydrogen-bond donors (Lipinski definition) is 1. The molecule has 1 unspecified atom stereocenters. The Kier molecular flexibility index (Phi) is 7.54. The van der Waals surface area contributed by atoms with Crippen LogP contribution < -0.4 is 4.72 Å². The van der Waals surface area contributed by atoms with Gasteiger partial charge in [0.1, 0.15) is 0 Å². The van der Waals surface area contributed by atoms with Crippen LogP contribution in [-0.4, -0.2) is 32.3 Å².